The van der Waals surface area contributed by atoms with Gasteiger partial charge < -0.3 is 25.3 Å². The first-order valence-electron chi connectivity index (χ1n) is 5.83. The van der Waals surface area contributed by atoms with Crippen LogP contribution in [0.4, 0.5) is 0 Å². The van der Waals surface area contributed by atoms with Crippen LogP contribution < -0.4 is 15.2 Å². The molecule has 2 aromatic rings. The molecule has 0 saturated heterocycles. The standard InChI is InChI=1S/C13H18N2O3/c1-8-12-10(15-13(8)17-2)4-3-5-11(12)18-7-9(16)6-14/h3-5,9,15-16H,6-7,14H2,1-2H3. The molecule has 98 valence electrons. The molecular weight excluding hydrogens is 232 g/mol. The van der Waals surface area contributed by atoms with Crippen molar-refractivity contribution in [2.24, 2.45) is 5.73 Å². The van der Waals surface area contributed by atoms with Crippen molar-refractivity contribution >= 4 is 10.9 Å². The third-order valence-electron chi connectivity index (χ3n) is 2.90. The number of ether oxygens (including phenoxy) is 2. The molecule has 1 atom stereocenters. The van der Waals surface area contributed by atoms with Crippen molar-refractivity contribution < 1.29 is 14.6 Å². The summed E-state index contributed by atoms with van der Waals surface area (Å²) in [5, 5.41) is 10.4. The van der Waals surface area contributed by atoms with E-state index in [1.54, 1.807) is 7.11 Å². The number of aromatic amines is 1. The van der Waals surface area contributed by atoms with Crippen LogP contribution in [0.3, 0.4) is 0 Å². The molecule has 1 aromatic heterocycles. The van der Waals surface area contributed by atoms with Gasteiger partial charge in [0.15, 0.2) is 5.88 Å². The second-order valence-corrected chi connectivity index (χ2v) is 4.16. The van der Waals surface area contributed by atoms with E-state index in [4.69, 9.17) is 15.2 Å². The topological polar surface area (TPSA) is 80.5 Å². The van der Waals surface area contributed by atoms with Gasteiger partial charge in [0.05, 0.1) is 12.6 Å². The molecule has 1 heterocycles. The highest BCUT2D eigenvalue weighted by Crippen LogP contribution is 2.34. The van der Waals surface area contributed by atoms with E-state index < -0.39 is 6.10 Å². The number of H-pyrrole nitrogens is 1. The van der Waals surface area contributed by atoms with E-state index in [-0.39, 0.29) is 13.2 Å². The molecule has 0 aliphatic heterocycles. The Labute approximate surface area is 106 Å². The highest BCUT2D eigenvalue weighted by atomic mass is 16.5. The largest absolute Gasteiger partial charge is 0.490 e. The van der Waals surface area contributed by atoms with Crippen molar-refractivity contribution in [2.45, 2.75) is 13.0 Å². The number of aliphatic hydroxyl groups excluding tert-OH is 1. The maximum absolute atomic E-state index is 9.43. The van der Waals surface area contributed by atoms with Gasteiger partial charge in [0.1, 0.15) is 18.5 Å². The smallest absolute Gasteiger partial charge is 0.194 e. The van der Waals surface area contributed by atoms with E-state index in [1.807, 2.05) is 25.1 Å². The number of aromatic nitrogens is 1. The maximum atomic E-state index is 9.43. The van der Waals surface area contributed by atoms with Crippen molar-refractivity contribution in [3.05, 3.63) is 23.8 Å². The van der Waals surface area contributed by atoms with Crippen LogP contribution >= 0.6 is 0 Å². The molecule has 0 spiro atoms. The number of hydrogen-bond donors (Lipinski definition) is 3. The summed E-state index contributed by atoms with van der Waals surface area (Å²) < 4.78 is 10.9. The van der Waals surface area contributed by atoms with E-state index >= 15 is 0 Å². The second kappa shape index (κ2) is 5.29. The summed E-state index contributed by atoms with van der Waals surface area (Å²) in [5.41, 5.74) is 7.29. The van der Waals surface area contributed by atoms with Gasteiger partial charge >= 0.3 is 0 Å². The molecule has 1 aromatic carbocycles. The fraction of sp³-hybridized carbons (Fsp3) is 0.385. The summed E-state index contributed by atoms with van der Waals surface area (Å²) in [7, 11) is 1.62. The molecule has 2 rings (SSSR count). The van der Waals surface area contributed by atoms with Crippen molar-refractivity contribution in [3.8, 4) is 11.6 Å². The Balaban J connectivity index is 2.35. The minimum absolute atomic E-state index is 0.183. The van der Waals surface area contributed by atoms with E-state index in [0.717, 1.165) is 28.1 Å². The molecule has 0 radical (unpaired) electrons. The van der Waals surface area contributed by atoms with Crippen molar-refractivity contribution in [1.82, 2.24) is 4.98 Å². The Bertz CT molecular complexity index is 536. The number of fused-ring (bicyclic) bond motifs is 1. The minimum atomic E-state index is -0.651. The van der Waals surface area contributed by atoms with Crippen LogP contribution in [0, 0.1) is 6.92 Å². The van der Waals surface area contributed by atoms with Gasteiger partial charge in [-0.05, 0) is 19.1 Å². The lowest BCUT2D eigenvalue weighted by atomic mass is 10.1. The lowest BCUT2D eigenvalue weighted by Gasteiger charge is -2.11. The highest BCUT2D eigenvalue weighted by Gasteiger charge is 2.13. The van der Waals surface area contributed by atoms with Crippen LogP contribution in [-0.2, 0) is 0 Å². The third-order valence-corrected chi connectivity index (χ3v) is 2.90. The van der Waals surface area contributed by atoms with Gasteiger partial charge in [-0.15, -0.1) is 0 Å². The molecule has 4 N–H and O–H groups in total. The fourth-order valence-electron chi connectivity index (χ4n) is 1.93. The summed E-state index contributed by atoms with van der Waals surface area (Å²) in [6.07, 6.45) is -0.651. The summed E-state index contributed by atoms with van der Waals surface area (Å²) in [6, 6.07) is 5.71. The molecule has 0 saturated carbocycles. The van der Waals surface area contributed by atoms with E-state index in [0.29, 0.717) is 0 Å². The SMILES string of the molecule is COc1[nH]c2cccc(OCC(O)CN)c2c1C. The molecule has 0 bridgehead atoms. The Morgan fingerprint density at radius 2 is 2.22 bits per heavy atom. The van der Waals surface area contributed by atoms with Crippen molar-refractivity contribution in [1.29, 1.82) is 0 Å². The van der Waals surface area contributed by atoms with Crippen molar-refractivity contribution in [3.63, 3.8) is 0 Å². The summed E-state index contributed by atoms with van der Waals surface area (Å²) in [4.78, 5) is 3.17. The predicted molar refractivity (Wildman–Crippen MR) is 70.1 cm³/mol. The summed E-state index contributed by atoms with van der Waals surface area (Å²) in [5.74, 6) is 1.44. The number of rotatable bonds is 5. The fourth-order valence-corrected chi connectivity index (χ4v) is 1.93. The van der Waals surface area contributed by atoms with Gasteiger partial charge in [0, 0.05) is 17.5 Å². The molecule has 0 amide bonds. The molecule has 0 aliphatic carbocycles. The zero-order valence-electron chi connectivity index (χ0n) is 10.6. The number of hydrogen-bond acceptors (Lipinski definition) is 4. The lowest BCUT2D eigenvalue weighted by Crippen LogP contribution is -2.26. The highest BCUT2D eigenvalue weighted by molar-refractivity contribution is 5.91. The second-order valence-electron chi connectivity index (χ2n) is 4.16. The average molecular weight is 250 g/mol. The monoisotopic (exact) mass is 250 g/mol. The molecule has 5 heteroatoms. The predicted octanol–water partition coefficient (Wildman–Crippen LogP) is 1.18. The number of aliphatic hydroxyl groups is 1. The van der Waals surface area contributed by atoms with Crippen LogP contribution in [0.2, 0.25) is 0 Å². The quantitative estimate of drug-likeness (QED) is 0.744. The molecule has 5 nitrogen and oxygen atoms in total. The zero-order chi connectivity index (χ0) is 13.1. The number of aryl methyl sites for hydroxylation is 1. The van der Waals surface area contributed by atoms with Crippen LogP contribution in [0.1, 0.15) is 5.56 Å². The summed E-state index contributed by atoms with van der Waals surface area (Å²) in [6.45, 7) is 2.33. The van der Waals surface area contributed by atoms with E-state index in [2.05, 4.69) is 4.98 Å². The van der Waals surface area contributed by atoms with Gasteiger partial charge in [-0.3, -0.25) is 0 Å². The number of methoxy groups -OCH3 is 1. The van der Waals surface area contributed by atoms with Gasteiger partial charge in [-0.25, -0.2) is 0 Å². The normalized spacial score (nSPS) is 12.7. The van der Waals surface area contributed by atoms with E-state index in [1.165, 1.54) is 0 Å². The number of nitrogens with one attached hydrogen (secondary N) is 1. The van der Waals surface area contributed by atoms with Gasteiger partial charge in [-0.1, -0.05) is 6.07 Å². The molecule has 18 heavy (non-hydrogen) atoms. The average Bonchev–Trinajstić information content (AvgIpc) is 2.73. The first-order chi connectivity index (χ1) is 8.67. The Morgan fingerprint density at radius 3 is 2.89 bits per heavy atom. The van der Waals surface area contributed by atoms with Gasteiger partial charge in [0.25, 0.3) is 0 Å². The zero-order valence-corrected chi connectivity index (χ0v) is 10.6. The maximum Gasteiger partial charge on any atom is 0.194 e. The number of benzene rings is 1. The van der Waals surface area contributed by atoms with Gasteiger partial charge in [0.2, 0.25) is 0 Å². The summed E-state index contributed by atoms with van der Waals surface area (Å²) >= 11 is 0. The molecule has 0 fully saturated rings. The molecular formula is C13H18N2O3. The van der Waals surface area contributed by atoms with Crippen molar-refractivity contribution in [2.75, 3.05) is 20.3 Å². The molecule has 1 unspecified atom stereocenters. The number of nitrogens with two attached hydrogens (primary N) is 1. The Morgan fingerprint density at radius 1 is 1.44 bits per heavy atom. The first kappa shape index (κ1) is 12.7. The van der Waals surface area contributed by atoms with Crippen LogP contribution in [0.5, 0.6) is 11.6 Å². The Hall–Kier alpha value is -1.72. The van der Waals surface area contributed by atoms with Crippen LogP contribution in [0.25, 0.3) is 10.9 Å². The third kappa shape index (κ3) is 2.27. The van der Waals surface area contributed by atoms with Crippen LogP contribution in [-0.4, -0.2) is 36.5 Å². The minimum Gasteiger partial charge on any atom is -0.490 e. The molecule has 0 aliphatic rings. The van der Waals surface area contributed by atoms with E-state index in [9.17, 15) is 5.11 Å². The van der Waals surface area contributed by atoms with Gasteiger partial charge in [-0.2, -0.15) is 0 Å². The van der Waals surface area contributed by atoms with Crippen LogP contribution in [0.15, 0.2) is 18.2 Å². The Kier molecular flexibility index (Phi) is 3.74. The first-order valence-corrected chi connectivity index (χ1v) is 5.83. The lowest BCUT2D eigenvalue weighted by molar-refractivity contribution is 0.115.